The summed E-state index contributed by atoms with van der Waals surface area (Å²) >= 11 is 1.79. The number of thiophene rings is 1. The van der Waals surface area contributed by atoms with Crippen LogP contribution < -0.4 is 4.90 Å². The molecule has 0 saturated carbocycles. The fraction of sp³-hybridized carbons (Fsp3) is 0.154. The highest BCUT2D eigenvalue weighted by Gasteiger charge is 2.09. The van der Waals surface area contributed by atoms with Crippen LogP contribution in [-0.2, 0) is 7.05 Å². The number of imidazole rings is 1. The van der Waals surface area contributed by atoms with Gasteiger partial charge in [0.25, 0.3) is 0 Å². The third-order valence-corrected chi connectivity index (χ3v) is 3.97. The van der Waals surface area contributed by atoms with Gasteiger partial charge in [-0.1, -0.05) is 18.2 Å². The molecular formula is C13H13N3S. The molecule has 0 fully saturated rings. The van der Waals surface area contributed by atoms with Crippen LogP contribution in [0.3, 0.4) is 0 Å². The number of anilines is 2. The summed E-state index contributed by atoms with van der Waals surface area (Å²) in [5.41, 5.74) is 0. The minimum absolute atomic E-state index is 0.971. The summed E-state index contributed by atoms with van der Waals surface area (Å²) in [6, 6.07) is 10.6. The van der Waals surface area contributed by atoms with Crippen LogP contribution >= 0.6 is 11.3 Å². The monoisotopic (exact) mass is 243 g/mol. The van der Waals surface area contributed by atoms with Crippen LogP contribution in [0.5, 0.6) is 0 Å². The highest BCUT2D eigenvalue weighted by Crippen LogP contribution is 2.34. The van der Waals surface area contributed by atoms with E-state index in [0.717, 1.165) is 5.82 Å². The Morgan fingerprint density at radius 1 is 1.29 bits per heavy atom. The first-order chi connectivity index (χ1) is 8.24. The van der Waals surface area contributed by atoms with E-state index < -0.39 is 0 Å². The fourth-order valence-corrected chi connectivity index (χ4v) is 2.85. The molecule has 0 spiro atoms. The number of aromatic nitrogens is 2. The number of hydrogen-bond acceptors (Lipinski definition) is 3. The fourth-order valence-electron chi connectivity index (χ4n) is 1.82. The summed E-state index contributed by atoms with van der Waals surface area (Å²) in [5.74, 6) is 0.971. The Morgan fingerprint density at radius 2 is 2.12 bits per heavy atom. The third kappa shape index (κ3) is 1.80. The molecule has 17 heavy (non-hydrogen) atoms. The molecule has 2 aromatic heterocycles. The van der Waals surface area contributed by atoms with Crippen molar-refractivity contribution >= 4 is 32.2 Å². The molecule has 0 saturated heterocycles. The van der Waals surface area contributed by atoms with Crippen molar-refractivity contribution < 1.29 is 0 Å². The van der Waals surface area contributed by atoms with E-state index in [-0.39, 0.29) is 0 Å². The predicted molar refractivity (Wildman–Crippen MR) is 73.1 cm³/mol. The Morgan fingerprint density at radius 3 is 2.82 bits per heavy atom. The second kappa shape index (κ2) is 3.89. The summed E-state index contributed by atoms with van der Waals surface area (Å²) < 4.78 is 3.27. The maximum Gasteiger partial charge on any atom is 0.151 e. The second-order valence-electron chi connectivity index (χ2n) is 4.08. The maximum absolute atomic E-state index is 4.36. The van der Waals surface area contributed by atoms with Gasteiger partial charge in [-0.2, -0.15) is 0 Å². The predicted octanol–water partition coefficient (Wildman–Crippen LogP) is 3.40. The molecular weight excluding hydrogens is 230 g/mol. The quantitative estimate of drug-likeness (QED) is 0.688. The standard InChI is InChI=1S/C13H13N3S/c1-15-8-12(14-9-15)16(2)13-7-10-5-3-4-6-11(10)17-13/h3-9H,1-2H3. The van der Waals surface area contributed by atoms with E-state index in [9.17, 15) is 0 Å². The van der Waals surface area contributed by atoms with Crippen LogP contribution in [0, 0.1) is 0 Å². The van der Waals surface area contributed by atoms with E-state index in [1.54, 1.807) is 11.3 Å². The Bertz CT molecular complexity index is 620. The molecule has 3 rings (SSSR count). The van der Waals surface area contributed by atoms with Crippen LogP contribution in [0.1, 0.15) is 0 Å². The molecule has 2 heterocycles. The van der Waals surface area contributed by atoms with E-state index in [1.165, 1.54) is 15.1 Å². The van der Waals surface area contributed by atoms with Gasteiger partial charge in [-0.3, -0.25) is 0 Å². The summed E-state index contributed by atoms with van der Waals surface area (Å²) in [7, 11) is 4.03. The number of hydrogen-bond donors (Lipinski definition) is 0. The molecule has 3 aromatic rings. The Hall–Kier alpha value is -1.81. The molecule has 86 valence electrons. The smallest absolute Gasteiger partial charge is 0.151 e. The Labute approximate surface area is 104 Å². The Balaban J connectivity index is 2.03. The molecule has 0 atom stereocenters. The minimum Gasteiger partial charge on any atom is -0.338 e. The van der Waals surface area contributed by atoms with Gasteiger partial charge in [0.2, 0.25) is 0 Å². The lowest BCUT2D eigenvalue weighted by Gasteiger charge is -2.12. The molecule has 0 aliphatic carbocycles. The van der Waals surface area contributed by atoms with Crippen LogP contribution in [0.25, 0.3) is 10.1 Å². The van der Waals surface area contributed by atoms with Gasteiger partial charge < -0.3 is 9.47 Å². The summed E-state index contributed by atoms with van der Waals surface area (Å²) in [6.45, 7) is 0. The lowest BCUT2D eigenvalue weighted by atomic mass is 10.3. The van der Waals surface area contributed by atoms with Crippen molar-refractivity contribution in [2.45, 2.75) is 0 Å². The summed E-state index contributed by atoms with van der Waals surface area (Å²) in [5, 5.41) is 2.50. The van der Waals surface area contributed by atoms with Gasteiger partial charge >= 0.3 is 0 Å². The molecule has 0 amide bonds. The van der Waals surface area contributed by atoms with Crippen LogP contribution in [-0.4, -0.2) is 16.6 Å². The van der Waals surface area contributed by atoms with E-state index >= 15 is 0 Å². The minimum atomic E-state index is 0.971. The largest absolute Gasteiger partial charge is 0.338 e. The first kappa shape index (κ1) is 10.4. The van der Waals surface area contributed by atoms with Crippen molar-refractivity contribution in [1.82, 2.24) is 9.55 Å². The second-order valence-corrected chi connectivity index (χ2v) is 5.14. The van der Waals surface area contributed by atoms with Gasteiger partial charge in [0, 0.05) is 25.0 Å². The molecule has 0 aliphatic heterocycles. The van der Waals surface area contributed by atoms with Crippen LogP contribution in [0.15, 0.2) is 42.9 Å². The number of nitrogens with zero attached hydrogens (tertiary/aromatic N) is 3. The molecule has 3 nitrogen and oxygen atoms in total. The summed E-state index contributed by atoms with van der Waals surface area (Å²) in [4.78, 5) is 6.47. The van der Waals surface area contributed by atoms with Crippen LogP contribution in [0.4, 0.5) is 10.8 Å². The molecule has 1 aromatic carbocycles. The topological polar surface area (TPSA) is 21.1 Å². The molecule has 0 aliphatic rings. The van der Waals surface area contributed by atoms with E-state index in [0.29, 0.717) is 0 Å². The zero-order valence-corrected chi connectivity index (χ0v) is 10.6. The van der Waals surface area contributed by atoms with Gasteiger partial charge in [-0.05, 0) is 17.5 Å². The highest BCUT2D eigenvalue weighted by molar-refractivity contribution is 7.22. The van der Waals surface area contributed by atoms with E-state index in [2.05, 4.69) is 40.2 Å². The van der Waals surface area contributed by atoms with Crippen molar-refractivity contribution in [3.63, 3.8) is 0 Å². The lowest BCUT2D eigenvalue weighted by molar-refractivity contribution is 0.913. The van der Waals surface area contributed by atoms with Gasteiger partial charge in [0.05, 0.1) is 11.3 Å². The average molecular weight is 243 g/mol. The zero-order valence-electron chi connectivity index (χ0n) is 9.79. The highest BCUT2D eigenvalue weighted by atomic mass is 32.1. The zero-order chi connectivity index (χ0) is 11.8. The van der Waals surface area contributed by atoms with E-state index in [4.69, 9.17) is 0 Å². The van der Waals surface area contributed by atoms with Gasteiger partial charge in [0.1, 0.15) is 0 Å². The number of fused-ring (bicyclic) bond motifs is 1. The average Bonchev–Trinajstić information content (AvgIpc) is 2.93. The van der Waals surface area contributed by atoms with Crippen molar-refractivity contribution in [3.05, 3.63) is 42.9 Å². The maximum atomic E-state index is 4.36. The van der Waals surface area contributed by atoms with E-state index in [1.807, 2.05) is 31.2 Å². The first-order valence-corrected chi connectivity index (χ1v) is 6.26. The number of rotatable bonds is 2. The van der Waals surface area contributed by atoms with Crippen molar-refractivity contribution in [1.29, 1.82) is 0 Å². The summed E-state index contributed by atoms with van der Waals surface area (Å²) in [6.07, 6.45) is 3.84. The van der Waals surface area contributed by atoms with Gasteiger partial charge in [-0.15, -0.1) is 11.3 Å². The SMILES string of the molecule is CN(c1cn(C)cn1)c1cc2ccccc2s1. The normalized spacial score (nSPS) is 10.9. The van der Waals surface area contributed by atoms with Gasteiger partial charge in [-0.25, -0.2) is 4.98 Å². The molecule has 4 heteroatoms. The number of aryl methyl sites for hydroxylation is 1. The van der Waals surface area contributed by atoms with Crippen LogP contribution in [0.2, 0.25) is 0 Å². The third-order valence-electron chi connectivity index (χ3n) is 2.78. The van der Waals surface area contributed by atoms with Crippen molar-refractivity contribution in [3.8, 4) is 0 Å². The number of benzene rings is 1. The van der Waals surface area contributed by atoms with Crippen molar-refractivity contribution in [2.24, 2.45) is 7.05 Å². The van der Waals surface area contributed by atoms with Crippen molar-refractivity contribution in [2.75, 3.05) is 11.9 Å². The molecule has 0 bridgehead atoms. The lowest BCUT2D eigenvalue weighted by Crippen LogP contribution is -2.07. The molecule has 0 radical (unpaired) electrons. The Kier molecular flexibility index (Phi) is 2.37. The first-order valence-electron chi connectivity index (χ1n) is 5.44. The molecule has 0 unspecified atom stereocenters. The van der Waals surface area contributed by atoms with Gasteiger partial charge in [0.15, 0.2) is 5.82 Å². The molecule has 0 N–H and O–H groups in total.